The van der Waals surface area contributed by atoms with Crippen molar-refractivity contribution in [3.63, 3.8) is 0 Å². The van der Waals surface area contributed by atoms with Gasteiger partial charge in [-0.3, -0.25) is 14.3 Å². The Balaban J connectivity index is 1.42. The Morgan fingerprint density at radius 3 is 2.50 bits per heavy atom. The predicted molar refractivity (Wildman–Crippen MR) is 136 cm³/mol. The molecule has 186 valence electrons. The van der Waals surface area contributed by atoms with Gasteiger partial charge < -0.3 is 20.4 Å². The maximum Gasteiger partial charge on any atom is 0.247 e. The highest BCUT2D eigenvalue weighted by atomic mass is 16.2. The van der Waals surface area contributed by atoms with Crippen molar-refractivity contribution in [1.29, 1.82) is 5.26 Å². The average molecular weight is 487 g/mol. The first-order valence-electron chi connectivity index (χ1n) is 11.8. The number of aromatic nitrogens is 3. The number of nitrogens with one attached hydrogen (secondary N) is 2. The fourth-order valence-corrected chi connectivity index (χ4v) is 4.07. The van der Waals surface area contributed by atoms with Crippen LogP contribution in [0.4, 0.5) is 11.5 Å². The molecule has 3 aromatic rings. The molecule has 2 aromatic heterocycles. The Morgan fingerprint density at radius 2 is 1.89 bits per heavy atom. The van der Waals surface area contributed by atoms with E-state index in [4.69, 9.17) is 5.26 Å². The van der Waals surface area contributed by atoms with E-state index in [2.05, 4.69) is 33.7 Å². The molecule has 36 heavy (non-hydrogen) atoms. The Labute approximate surface area is 210 Å². The summed E-state index contributed by atoms with van der Waals surface area (Å²) in [6.45, 7) is 4.32. The van der Waals surface area contributed by atoms with E-state index in [-0.39, 0.29) is 17.7 Å². The molecule has 2 atom stereocenters. The molecule has 1 aliphatic heterocycles. The van der Waals surface area contributed by atoms with Crippen LogP contribution < -0.4 is 15.5 Å². The summed E-state index contributed by atoms with van der Waals surface area (Å²) in [7, 11) is 3.61. The highest BCUT2D eigenvalue weighted by Gasteiger charge is 2.24. The number of nitriles is 1. The molecule has 0 aliphatic carbocycles. The normalized spacial score (nSPS) is 15.3. The molecule has 4 rings (SSSR count). The van der Waals surface area contributed by atoms with Gasteiger partial charge >= 0.3 is 0 Å². The average Bonchev–Trinajstić information content (AvgIpc) is 3.32. The first-order chi connectivity index (χ1) is 17.3. The second-order valence-corrected chi connectivity index (χ2v) is 9.05. The second kappa shape index (κ2) is 11.0. The number of piperazine rings is 1. The molecule has 0 unspecified atom stereocenters. The Bertz CT molecular complexity index is 1250. The van der Waals surface area contributed by atoms with Crippen LogP contribution in [-0.2, 0) is 16.6 Å². The number of carbonyl (C=O) groups is 2. The molecule has 0 saturated carbocycles. The van der Waals surface area contributed by atoms with Crippen molar-refractivity contribution >= 4 is 23.3 Å². The lowest BCUT2D eigenvalue weighted by atomic mass is 9.99. The molecular weight excluding hydrogens is 456 g/mol. The highest BCUT2D eigenvalue weighted by molar-refractivity contribution is 5.94. The fourth-order valence-electron chi connectivity index (χ4n) is 4.07. The quantitative estimate of drug-likeness (QED) is 0.500. The van der Waals surface area contributed by atoms with Crippen molar-refractivity contribution in [2.45, 2.75) is 18.9 Å². The number of hydrogen-bond donors (Lipinski definition) is 2. The molecule has 1 fully saturated rings. The number of anilines is 2. The summed E-state index contributed by atoms with van der Waals surface area (Å²) in [5.74, 6) is 0.373. The van der Waals surface area contributed by atoms with Gasteiger partial charge in [-0.1, -0.05) is 19.1 Å². The number of hydrogen-bond acceptors (Lipinski definition) is 7. The molecule has 0 spiro atoms. The number of pyridine rings is 1. The van der Waals surface area contributed by atoms with Crippen LogP contribution >= 0.6 is 0 Å². The summed E-state index contributed by atoms with van der Waals surface area (Å²) in [5, 5.41) is 19.5. The van der Waals surface area contributed by atoms with Crippen molar-refractivity contribution in [3.8, 4) is 6.07 Å². The monoisotopic (exact) mass is 486 g/mol. The van der Waals surface area contributed by atoms with Gasteiger partial charge in [0.15, 0.2) is 0 Å². The summed E-state index contributed by atoms with van der Waals surface area (Å²) in [6, 6.07) is 12.6. The van der Waals surface area contributed by atoms with Crippen molar-refractivity contribution in [2.24, 2.45) is 7.05 Å². The zero-order valence-electron chi connectivity index (χ0n) is 20.7. The molecule has 1 aromatic carbocycles. The van der Waals surface area contributed by atoms with Crippen LogP contribution in [0.1, 0.15) is 35.6 Å². The topological polar surface area (TPSA) is 119 Å². The lowest BCUT2D eigenvalue weighted by molar-refractivity contribution is -0.129. The van der Waals surface area contributed by atoms with Crippen molar-refractivity contribution < 1.29 is 9.59 Å². The molecule has 10 heteroatoms. The van der Waals surface area contributed by atoms with Gasteiger partial charge in [-0.15, -0.1) is 0 Å². The van der Waals surface area contributed by atoms with Crippen LogP contribution in [0.3, 0.4) is 0 Å². The van der Waals surface area contributed by atoms with Crippen LogP contribution in [0.25, 0.3) is 0 Å². The molecule has 3 heterocycles. The van der Waals surface area contributed by atoms with E-state index < -0.39 is 6.04 Å². The van der Waals surface area contributed by atoms with Crippen molar-refractivity contribution in [3.05, 3.63) is 71.7 Å². The Kier molecular flexibility index (Phi) is 7.61. The maximum absolute atomic E-state index is 13.3. The molecule has 1 aliphatic rings. The first kappa shape index (κ1) is 24.9. The Morgan fingerprint density at radius 1 is 1.11 bits per heavy atom. The van der Waals surface area contributed by atoms with Gasteiger partial charge in [-0.25, -0.2) is 4.98 Å². The number of rotatable bonds is 8. The molecule has 0 radical (unpaired) electrons. The molecule has 10 nitrogen and oxygen atoms in total. The van der Waals surface area contributed by atoms with E-state index in [1.54, 1.807) is 54.3 Å². The molecular formula is C26H30N8O2. The van der Waals surface area contributed by atoms with E-state index in [1.165, 1.54) is 0 Å². The van der Waals surface area contributed by atoms with Gasteiger partial charge in [0.2, 0.25) is 11.8 Å². The third kappa shape index (κ3) is 5.87. The van der Waals surface area contributed by atoms with Crippen molar-refractivity contribution in [2.75, 3.05) is 43.4 Å². The first-order valence-corrected chi connectivity index (χ1v) is 11.8. The molecule has 2 N–H and O–H groups in total. The number of nitrogens with zero attached hydrogens (tertiary/aromatic N) is 6. The minimum atomic E-state index is -0.628. The van der Waals surface area contributed by atoms with Crippen LogP contribution in [0, 0.1) is 11.3 Å². The highest BCUT2D eigenvalue weighted by Crippen LogP contribution is 2.21. The van der Waals surface area contributed by atoms with E-state index in [1.807, 2.05) is 29.3 Å². The Hall–Kier alpha value is -4.23. The summed E-state index contributed by atoms with van der Waals surface area (Å²) in [5.41, 5.74) is 3.28. The second-order valence-electron chi connectivity index (χ2n) is 9.05. The fraction of sp³-hybridized carbons (Fsp3) is 0.346. The summed E-state index contributed by atoms with van der Waals surface area (Å²) < 4.78 is 1.66. The van der Waals surface area contributed by atoms with Gasteiger partial charge in [0.05, 0.1) is 36.3 Å². The number of likely N-dealkylation sites (N-methyl/N-ethyl adjacent to an activating group) is 1. The third-order valence-electron chi connectivity index (χ3n) is 6.38. The van der Waals surface area contributed by atoms with Gasteiger partial charge in [0.1, 0.15) is 11.9 Å². The minimum absolute atomic E-state index is 0.0688. The summed E-state index contributed by atoms with van der Waals surface area (Å²) in [6.07, 6.45) is 5.16. The van der Waals surface area contributed by atoms with E-state index in [0.717, 1.165) is 23.4 Å². The number of amides is 2. The summed E-state index contributed by atoms with van der Waals surface area (Å²) >= 11 is 0. The van der Waals surface area contributed by atoms with Crippen LogP contribution in [-0.4, -0.2) is 64.7 Å². The minimum Gasteiger partial charge on any atom is -0.359 e. The lowest BCUT2D eigenvalue weighted by Gasteiger charge is -2.33. The predicted octanol–water partition coefficient (Wildman–Crippen LogP) is 2.04. The molecule has 2 amide bonds. The maximum atomic E-state index is 13.3. The van der Waals surface area contributed by atoms with Crippen LogP contribution in [0.2, 0.25) is 0 Å². The van der Waals surface area contributed by atoms with Gasteiger partial charge in [-0.2, -0.15) is 10.4 Å². The number of aryl methyl sites for hydroxylation is 1. The lowest BCUT2D eigenvalue weighted by Crippen LogP contribution is -2.48. The standard InChI is InChI=1S/C26H30N8O2/c1-18(20-6-4-19(12-27)5-7-20)13-29-25(21-14-30-33(3)16-21)26(36)31-23-9-8-22(15-28-23)34-11-10-32(2)24(35)17-34/h4-9,14-16,18,25,29H,10-11,13,17H2,1-3H3,(H,28,31,36)/t18-,25+/m0/s1. The van der Waals surface area contributed by atoms with E-state index in [0.29, 0.717) is 31.0 Å². The SMILES string of the molecule is C[C@@H](CN[C@@H](C(=O)Nc1ccc(N2CCN(C)C(=O)C2)cn1)c1cnn(C)c1)c1ccc(C#N)cc1. The molecule has 0 bridgehead atoms. The third-order valence-corrected chi connectivity index (χ3v) is 6.38. The van der Waals surface area contributed by atoms with Gasteiger partial charge in [0.25, 0.3) is 0 Å². The largest absolute Gasteiger partial charge is 0.359 e. The van der Waals surface area contributed by atoms with Crippen LogP contribution in [0.5, 0.6) is 0 Å². The van der Waals surface area contributed by atoms with Gasteiger partial charge in [0, 0.05) is 45.5 Å². The zero-order chi connectivity index (χ0) is 25.7. The van der Waals surface area contributed by atoms with E-state index >= 15 is 0 Å². The van der Waals surface area contributed by atoms with Gasteiger partial charge in [-0.05, 0) is 35.7 Å². The number of benzene rings is 1. The van der Waals surface area contributed by atoms with Crippen molar-refractivity contribution in [1.82, 2.24) is 25.0 Å². The summed E-state index contributed by atoms with van der Waals surface area (Å²) in [4.78, 5) is 33.4. The van der Waals surface area contributed by atoms with Crippen LogP contribution in [0.15, 0.2) is 55.0 Å². The molecule has 1 saturated heterocycles. The smallest absolute Gasteiger partial charge is 0.247 e. The zero-order valence-corrected chi connectivity index (χ0v) is 20.7. The number of carbonyl (C=O) groups excluding carboxylic acids is 2. The van der Waals surface area contributed by atoms with E-state index in [9.17, 15) is 9.59 Å².